The molecule has 9 heteroatoms. The standard InChI is InChI=1S/C22H28N8O/c1-3-19(31)7-5-4-6-9-24-21-16(12-23)11-17(13-26-21)20-8-10-25-22(29-20)28-18-14-27-30(2)15-18/h8,10-11,13-15,19,31H,3-7,9H2,1-2H3,(H,24,26)(H,25,28,29)/t19-/m0/s1. The maximum atomic E-state index is 9.59. The van der Waals surface area contributed by atoms with Crippen LogP contribution in [0, 0.1) is 11.3 Å². The lowest BCUT2D eigenvalue weighted by atomic mass is 10.1. The Labute approximate surface area is 182 Å². The molecule has 1 atom stereocenters. The maximum absolute atomic E-state index is 9.59. The monoisotopic (exact) mass is 420 g/mol. The number of aliphatic hydroxyl groups is 1. The van der Waals surface area contributed by atoms with Gasteiger partial charge in [-0.25, -0.2) is 15.0 Å². The number of pyridine rings is 1. The topological polar surface area (TPSA) is 125 Å². The zero-order chi connectivity index (χ0) is 22.1. The molecular weight excluding hydrogens is 392 g/mol. The number of aliphatic hydroxyl groups excluding tert-OH is 1. The van der Waals surface area contributed by atoms with Crippen molar-refractivity contribution in [2.75, 3.05) is 17.2 Å². The van der Waals surface area contributed by atoms with Gasteiger partial charge < -0.3 is 15.7 Å². The van der Waals surface area contributed by atoms with Crippen LogP contribution in [0.2, 0.25) is 0 Å². The van der Waals surface area contributed by atoms with E-state index < -0.39 is 0 Å². The first-order valence-corrected chi connectivity index (χ1v) is 10.5. The highest BCUT2D eigenvalue weighted by atomic mass is 16.3. The van der Waals surface area contributed by atoms with Crippen LogP contribution >= 0.6 is 0 Å². The Morgan fingerprint density at radius 2 is 2.10 bits per heavy atom. The Balaban J connectivity index is 1.60. The van der Waals surface area contributed by atoms with Crippen molar-refractivity contribution in [1.82, 2.24) is 24.7 Å². The molecule has 3 aromatic rings. The van der Waals surface area contributed by atoms with E-state index in [1.54, 1.807) is 35.4 Å². The lowest BCUT2D eigenvalue weighted by Crippen LogP contribution is -2.07. The fraction of sp³-hybridized carbons (Fsp3) is 0.409. The van der Waals surface area contributed by atoms with Crippen LogP contribution in [-0.4, -0.2) is 42.5 Å². The molecule has 0 saturated heterocycles. The molecule has 0 aliphatic carbocycles. The molecule has 0 amide bonds. The summed E-state index contributed by atoms with van der Waals surface area (Å²) in [5.74, 6) is 1.02. The largest absolute Gasteiger partial charge is 0.393 e. The van der Waals surface area contributed by atoms with E-state index in [1.165, 1.54) is 0 Å². The predicted molar refractivity (Wildman–Crippen MR) is 120 cm³/mol. The first-order chi connectivity index (χ1) is 15.1. The van der Waals surface area contributed by atoms with Crippen molar-refractivity contribution < 1.29 is 5.11 Å². The van der Waals surface area contributed by atoms with E-state index in [-0.39, 0.29) is 6.10 Å². The van der Waals surface area contributed by atoms with Crippen LogP contribution in [0.5, 0.6) is 0 Å². The molecule has 0 aliphatic rings. The molecule has 0 aliphatic heterocycles. The van der Waals surface area contributed by atoms with Crippen molar-refractivity contribution >= 4 is 17.5 Å². The summed E-state index contributed by atoms with van der Waals surface area (Å²) in [6.07, 6.45) is 11.3. The zero-order valence-electron chi connectivity index (χ0n) is 17.9. The molecule has 3 rings (SSSR count). The third kappa shape index (κ3) is 6.49. The Morgan fingerprint density at radius 1 is 1.23 bits per heavy atom. The molecule has 31 heavy (non-hydrogen) atoms. The van der Waals surface area contributed by atoms with E-state index >= 15 is 0 Å². The van der Waals surface area contributed by atoms with E-state index in [4.69, 9.17) is 0 Å². The van der Waals surface area contributed by atoms with Gasteiger partial charge in [-0.1, -0.05) is 19.8 Å². The summed E-state index contributed by atoms with van der Waals surface area (Å²) in [6.45, 7) is 2.72. The fourth-order valence-electron chi connectivity index (χ4n) is 3.12. The molecular formula is C22H28N8O. The number of aromatic nitrogens is 5. The smallest absolute Gasteiger partial charge is 0.227 e. The van der Waals surface area contributed by atoms with Gasteiger partial charge in [0.05, 0.1) is 29.2 Å². The van der Waals surface area contributed by atoms with Crippen LogP contribution < -0.4 is 10.6 Å². The molecule has 0 aromatic carbocycles. The van der Waals surface area contributed by atoms with Gasteiger partial charge in [-0.05, 0) is 31.4 Å². The van der Waals surface area contributed by atoms with Crippen molar-refractivity contribution in [3.8, 4) is 17.3 Å². The van der Waals surface area contributed by atoms with Crippen LogP contribution in [0.15, 0.2) is 36.9 Å². The summed E-state index contributed by atoms with van der Waals surface area (Å²) >= 11 is 0. The Bertz CT molecular complexity index is 1030. The minimum absolute atomic E-state index is 0.200. The molecule has 9 nitrogen and oxygen atoms in total. The number of nitriles is 1. The third-order valence-corrected chi connectivity index (χ3v) is 4.90. The van der Waals surface area contributed by atoms with Gasteiger partial charge in [-0.3, -0.25) is 4.68 Å². The van der Waals surface area contributed by atoms with E-state index in [9.17, 15) is 10.4 Å². The molecule has 0 saturated carbocycles. The average Bonchev–Trinajstić information content (AvgIpc) is 3.20. The number of rotatable bonds is 11. The second-order valence-corrected chi connectivity index (χ2v) is 7.36. The minimum Gasteiger partial charge on any atom is -0.393 e. The maximum Gasteiger partial charge on any atom is 0.227 e. The van der Waals surface area contributed by atoms with Crippen LogP contribution in [-0.2, 0) is 7.05 Å². The van der Waals surface area contributed by atoms with Crippen LogP contribution in [0.3, 0.4) is 0 Å². The van der Waals surface area contributed by atoms with Gasteiger partial charge >= 0.3 is 0 Å². The number of aryl methyl sites for hydroxylation is 1. The molecule has 0 spiro atoms. The molecule has 0 bridgehead atoms. The van der Waals surface area contributed by atoms with Gasteiger partial charge in [0.1, 0.15) is 11.9 Å². The lowest BCUT2D eigenvalue weighted by molar-refractivity contribution is 0.156. The summed E-state index contributed by atoms with van der Waals surface area (Å²) in [6, 6.07) is 5.77. The van der Waals surface area contributed by atoms with Crippen molar-refractivity contribution in [2.45, 2.75) is 45.1 Å². The number of unbranched alkanes of at least 4 members (excludes halogenated alkanes) is 2. The van der Waals surface area contributed by atoms with E-state index in [1.807, 2.05) is 20.2 Å². The summed E-state index contributed by atoms with van der Waals surface area (Å²) in [5.41, 5.74) is 2.68. The summed E-state index contributed by atoms with van der Waals surface area (Å²) in [7, 11) is 1.84. The average molecular weight is 421 g/mol. The van der Waals surface area contributed by atoms with Gasteiger partial charge in [-0.2, -0.15) is 10.4 Å². The second-order valence-electron chi connectivity index (χ2n) is 7.36. The first-order valence-electron chi connectivity index (χ1n) is 10.5. The fourth-order valence-corrected chi connectivity index (χ4v) is 3.12. The van der Waals surface area contributed by atoms with Gasteiger partial charge in [0, 0.05) is 37.7 Å². The number of nitrogens with zero attached hydrogens (tertiary/aromatic N) is 6. The molecule has 3 N–H and O–H groups in total. The molecule has 3 heterocycles. The predicted octanol–water partition coefficient (Wildman–Crippen LogP) is 3.63. The van der Waals surface area contributed by atoms with Gasteiger partial charge in [0.25, 0.3) is 0 Å². The molecule has 0 fully saturated rings. The SMILES string of the molecule is CC[C@H](O)CCCCCNc1ncc(-c2ccnc(Nc3cnn(C)c3)n2)cc1C#N. The third-order valence-electron chi connectivity index (χ3n) is 4.90. The number of nitrogens with one attached hydrogen (secondary N) is 2. The summed E-state index contributed by atoms with van der Waals surface area (Å²) < 4.78 is 1.69. The van der Waals surface area contributed by atoms with Crippen LogP contribution in [0.4, 0.5) is 17.5 Å². The van der Waals surface area contributed by atoms with Crippen molar-refractivity contribution in [2.24, 2.45) is 7.05 Å². The minimum atomic E-state index is -0.200. The number of hydrogen-bond acceptors (Lipinski definition) is 8. The number of hydrogen-bond donors (Lipinski definition) is 3. The van der Waals surface area contributed by atoms with Gasteiger partial charge in [-0.15, -0.1) is 0 Å². The van der Waals surface area contributed by atoms with Gasteiger partial charge in [0.2, 0.25) is 5.95 Å². The lowest BCUT2D eigenvalue weighted by Gasteiger charge is -2.10. The summed E-state index contributed by atoms with van der Waals surface area (Å²) in [4.78, 5) is 13.2. The quantitative estimate of drug-likeness (QED) is 0.402. The molecule has 0 unspecified atom stereocenters. The number of anilines is 3. The van der Waals surface area contributed by atoms with E-state index in [0.29, 0.717) is 23.0 Å². The highest BCUT2D eigenvalue weighted by Crippen LogP contribution is 2.23. The highest BCUT2D eigenvalue weighted by molar-refractivity contribution is 5.66. The van der Waals surface area contributed by atoms with E-state index in [0.717, 1.165) is 49.9 Å². The molecule has 3 aromatic heterocycles. The Morgan fingerprint density at radius 3 is 2.84 bits per heavy atom. The summed E-state index contributed by atoms with van der Waals surface area (Å²) in [5, 5.41) is 29.6. The Hall–Kier alpha value is -3.51. The first kappa shape index (κ1) is 22.2. The Kier molecular flexibility index (Phi) is 7.90. The van der Waals surface area contributed by atoms with Crippen molar-refractivity contribution in [3.63, 3.8) is 0 Å². The van der Waals surface area contributed by atoms with E-state index in [2.05, 4.69) is 36.8 Å². The second kappa shape index (κ2) is 11.0. The highest BCUT2D eigenvalue weighted by Gasteiger charge is 2.09. The normalized spacial score (nSPS) is 11.7. The van der Waals surface area contributed by atoms with Crippen molar-refractivity contribution in [3.05, 3.63) is 42.5 Å². The van der Waals surface area contributed by atoms with Gasteiger partial charge in [0.15, 0.2) is 0 Å². The zero-order valence-corrected chi connectivity index (χ0v) is 17.9. The van der Waals surface area contributed by atoms with Crippen LogP contribution in [0.25, 0.3) is 11.3 Å². The van der Waals surface area contributed by atoms with Crippen molar-refractivity contribution in [1.29, 1.82) is 5.26 Å². The molecule has 162 valence electrons. The molecule has 0 radical (unpaired) electrons. The van der Waals surface area contributed by atoms with Crippen LogP contribution in [0.1, 0.15) is 44.6 Å².